The molecule has 23 heavy (non-hydrogen) atoms. The molecule has 0 saturated heterocycles. The maximum absolute atomic E-state index is 12.7. The highest BCUT2D eigenvalue weighted by atomic mass is 16.1. The Morgan fingerprint density at radius 1 is 1.04 bits per heavy atom. The molecule has 0 aliphatic carbocycles. The molecule has 0 spiro atoms. The number of nitrogens with one attached hydrogen (secondary N) is 1. The molecule has 2 aromatic carbocycles. The maximum Gasteiger partial charge on any atom is 0.280 e. The molecule has 1 aromatic heterocycles. The van der Waals surface area contributed by atoms with Crippen LogP contribution in [0.1, 0.15) is 23.7 Å². The molecule has 0 unspecified atom stereocenters. The molecule has 0 radical (unpaired) electrons. The maximum atomic E-state index is 12.7. The van der Waals surface area contributed by atoms with Crippen molar-refractivity contribution in [2.24, 2.45) is 4.99 Å². The topological polar surface area (TPSA) is 50.1 Å². The molecular formula is C19H19N3O. The van der Waals surface area contributed by atoms with E-state index in [-0.39, 0.29) is 5.56 Å². The second-order valence-electron chi connectivity index (χ2n) is 5.48. The summed E-state index contributed by atoms with van der Waals surface area (Å²) in [5.41, 5.74) is 4.11. The highest BCUT2D eigenvalue weighted by Crippen LogP contribution is 2.09. The van der Waals surface area contributed by atoms with Gasteiger partial charge in [-0.1, -0.05) is 48.5 Å². The molecule has 0 bridgehead atoms. The average molecular weight is 305 g/mol. The van der Waals surface area contributed by atoms with E-state index in [1.807, 2.05) is 74.5 Å². The normalized spacial score (nSPS) is 11.7. The number of hydrogen-bond acceptors (Lipinski definition) is 2. The number of nitrogens with zero attached hydrogens (tertiary/aromatic N) is 2. The van der Waals surface area contributed by atoms with Gasteiger partial charge >= 0.3 is 0 Å². The first-order chi connectivity index (χ1) is 11.2. The van der Waals surface area contributed by atoms with Crippen molar-refractivity contribution in [2.75, 3.05) is 0 Å². The van der Waals surface area contributed by atoms with E-state index in [9.17, 15) is 4.79 Å². The summed E-state index contributed by atoms with van der Waals surface area (Å²) < 4.78 is 1.56. The minimum Gasteiger partial charge on any atom is -0.295 e. The van der Waals surface area contributed by atoms with Crippen LogP contribution in [0.3, 0.4) is 0 Å². The quantitative estimate of drug-likeness (QED) is 0.737. The average Bonchev–Trinajstić information content (AvgIpc) is 2.89. The molecule has 4 heteroatoms. The minimum absolute atomic E-state index is 0.0667. The van der Waals surface area contributed by atoms with Crippen molar-refractivity contribution >= 4 is 5.71 Å². The fraction of sp³-hybridized carbons (Fsp3) is 0.158. The zero-order valence-corrected chi connectivity index (χ0v) is 13.3. The first-order valence-corrected chi connectivity index (χ1v) is 7.59. The van der Waals surface area contributed by atoms with E-state index in [1.165, 1.54) is 0 Å². The number of benzene rings is 2. The van der Waals surface area contributed by atoms with Crippen molar-refractivity contribution in [3.63, 3.8) is 0 Å². The molecule has 4 nitrogen and oxygen atoms in total. The van der Waals surface area contributed by atoms with Crippen LogP contribution in [0.15, 0.2) is 70.5 Å². The molecule has 0 atom stereocenters. The Hall–Kier alpha value is -2.88. The Bertz CT molecular complexity index is 874. The van der Waals surface area contributed by atoms with Crippen molar-refractivity contribution in [1.29, 1.82) is 0 Å². The van der Waals surface area contributed by atoms with Gasteiger partial charge in [-0.25, -0.2) is 4.68 Å². The van der Waals surface area contributed by atoms with E-state index in [0.717, 1.165) is 22.7 Å². The van der Waals surface area contributed by atoms with Crippen LogP contribution in [0, 0.1) is 6.92 Å². The predicted octanol–water partition coefficient (Wildman–Crippen LogP) is 3.48. The summed E-state index contributed by atoms with van der Waals surface area (Å²) in [6.45, 7) is 4.36. The molecule has 1 N–H and O–H groups in total. The van der Waals surface area contributed by atoms with Gasteiger partial charge in [-0.15, -0.1) is 0 Å². The molecule has 0 saturated carbocycles. The van der Waals surface area contributed by atoms with Crippen LogP contribution in [0.25, 0.3) is 5.69 Å². The molecule has 0 aliphatic rings. The number of aryl methyl sites for hydroxylation is 1. The van der Waals surface area contributed by atoms with E-state index in [4.69, 9.17) is 0 Å². The summed E-state index contributed by atoms with van der Waals surface area (Å²) in [4.78, 5) is 17.3. The lowest BCUT2D eigenvalue weighted by molar-refractivity contribution is 0.835. The molecular weight excluding hydrogens is 286 g/mol. The monoisotopic (exact) mass is 305 g/mol. The second-order valence-corrected chi connectivity index (χ2v) is 5.48. The lowest BCUT2D eigenvalue weighted by Crippen LogP contribution is -2.19. The molecule has 0 amide bonds. The van der Waals surface area contributed by atoms with Crippen LogP contribution in [0.4, 0.5) is 0 Å². The van der Waals surface area contributed by atoms with Crippen LogP contribution in [-0.4, -0.2) is 15.5 Å². The van der Waals surface area contributed by atoms with E-state index in [2.05, 4.69) is 10.1 Å². The van der Waals surface area contributed by atoms with Crippen molar-refractivity contribution in [2.45, 2.75) is 20.4 Å². The van der Waals surface area contributed by atoms with Gasteiger partial charge in [0.25, 0.3) is 5.56 Å². The Balaban J connectivity index is 1.94. The third-order valence-corrected chi connectivity index (χ3v) is 3.79. The predicted molar refractivity (Wildman–Crippen MR) is 93.5 cm³/mol. The summed E-state index contributed by atoms with van der Waals surface area (Å²) in [5.74, 6) is 0. The standard InChI is InChI=1S/C19H19N3O/c1-14(20-13-16-9-5-3-6-10-16)18-15(2)21-22(19(18)23)17-11-7-4-8-12-17/h3-12,21H,13H2,1-2H3. The first-order valence-electron chi connectivity index (χ1n) is 7.59. The third-order valence-electron chi connectivity index (χ3n) is 3.79. The molecule has 0 fully saturated rings. The SMILES string of the molecule is CC(=NCc1ccccc1)c1c(C)[nH]n(-c2ccccc2)c1=O. The number of rotatable bonds is 4. The van der Waals surface area contributed by atoms with Crippen molar-refractivity contribution in [1.82, 2.24) is 9.78 Å². The van der Waals surface area contributed by atoms with Gasteiger partial charge in [0.15, 0.2) is 0 Å². The van der Waals surface area contributed by atoms with Gasteiger partial charge in [-0.3, -0.25) is 14.9 Å². The fourth-order valence-electron chi connectivity index (χ4n) is 2.60. The molecule has 1 heterocycles. The van der Waals surface area contributed by atoms with Crippen molar-refractivity contribution in [3.05, 3.63) is 87.8 Å². The summed E-state index contributed by atoms with van der Waals surface area (Å²) in [6.07, 6.45) is 0. The number of hydrogen-bond donors (Lipinski definition) is 1. The van der Waals surface area contributed by atoms with E-state index in [0.29, 0.717) is 12.1 Å². The van der Waals surface area contributed by atoms with Gasteiger partial charge in [0.2, 0.25) is 0 Å². The molecule has 3 rings (SSSR count). The summed E-state index contributed by atoms with van der Waals surface area (Å²) in [5, 5.41) is 3.13. The minimum atomic E-state index is -0.0667. The lowest BCUT2D eigenvalue weighted by Gasteiger charge is -2.00. The Morgan fingerprint density at radius 2 is 1.65 bits per heavy atom. The smallest absolute Gasteiger partial charge is 0.280 e. The van der Waals surface area contributed by atoms with Gasteiger partial charge < -0.3 is 0 Å². The number of H-pyrrole nitrogens is 1. The van der Waals surface area contributed by atoms with E-state index >= 15 is 0 Å². The van der Waals surface area contributed by atoms with Gasteiger partial charge in [-0.2, -0.15) is 0 Å². The van der Waals surface area contributed by atoms with Crippen LogP contribution in [0.5, 0.6) is 0 Å². The summed E-state index contributed by atoms with van der Waals surface area (Å²) >= 11 is 0. The number of para-hydroxylation sites is 1. The zero-order valence-electron chi connectivity index (χ0n) is 13.3. The van der Waals surface area contributed by atoms with Crippen molar-refractivity contribution < 1.29 is 0 Å². The Kier molecular flexibility index (Phi) is 4.24. The highest BCUT2D eigenvalue weighted by Gasteiger charge is 2.14. The molecule has 3 aromatic rings. The van der Waals surface area contributed by atoms with E-state index < -0.39 is 0 Å². The van der Waals surface area contributed by atoms with Crippen molar-refractivity contribution in [3.8, 4) is 5.69 Å². The first kappa shape index (κ1) is 15.0. The van der Waals surface area contributed by atoms with Crippen LogP contribution in [-0.2, 0) is 6.54 Å². The summed E-state index contributed by atoms with van der Waals surface area (Å²) in [7, 11) is 0. The number of aromatic nitrogens is 2. The highest BCUT2D eigenvalue weighted by molar-refractivity contribution is 5.99. The van der Waals surface area contributed by atoms with Crippen LogP contribution >= 0.6 is 0 Å². The lowest BCUT2D eigenvalue weighted by atomic mass is 10.1. The van der Waals surface area contributed by atoms with Crippen LogP contribution in [0.2, 0.25) is 0 Å². The number of aliphatic imine (C=N–C) groups is 1. The van der Waals surface area contributed by atoms with Gasteiger partial charge in [0.05, 0.1) is 17.8 Å². The van der Waals surface area contributed by atoms with Gasteiger partial charge in [0, 0.05) is 11.4 Å². The second kappa shape index (κ2) is 6.48. The zero-order chi connectivity index (χ0) is 16.2. The largest absolute Gasteiger partial charge is 0.295 e. The summed E-state index contributed by atoms with van der Waals surface area (Å²) in [6, 6.07) is 19.6. The molecule has 0 aliphatic heterocycles. The van der Waals surface area contributed by atoms with Crippen LogP contribution < -0.4 is 5.56 Å². The van der Waals surface area contributed by atoms with E-state index in [1.54, 1.807) is 4.68 Å². The third kappa shape index (κ3) is 3.16. The van der Waals surface area contributed by atoms with Gasteiger partial charge in [-0.05, 0) is 31.5 Å². The molecule has 116 valence electrons. The fourth-order valence-corrected chi connectivity index (χ4v) is 2.60. The van der Waals surface area contributed by atoms with Gasteiger partial charge in [0.1, 0.15) is 0 Å². The Labute approximate surface area is 135 Å². The number of aromatic amines is 1. The Morgan fingerprint density at radius 3 is 2.30 bits per heavy atom.